The van der Waals surface area contributed by atoms with Gasteiger partial charge in [0.15, 0.2) is 0 Å². The van der Waals surface area contributed by atoms with Gasteiger partial charge in [-0.25, -0.2) is 0 Å². The van der Waals surface area contributed by atoms with E-state index in [9.17, 15) is 18.0 Å². The van der Waals surface area contributed by atoms with Crippen LogP contribution in [0.15, 0.2) is 0 Å². The third kappa shape index (κ3) is 8.99. The Morgan fingerprint density at radius 1 is 1.25 bits per heavy atom. The van der Waals surface area contributed by atoms with Crippen molar-refractivity contribution in [2.45, 2.75) is 57.0 Å². The maximum Gasteiger partial charge on any atom is 0.274 e. The number of carbonyl (C=O) groups excluding carboxylic acids is 2. The second-order valence-electron chi connectivity index (χ2n) is 5.27. The minimum atomic E-state index is -4.32. The van der Waals surface area contributed by atoms with Crippen molar-refractivity contribution >= 4 is 43.3 Å². The molecule has 0 aromatic rings. The van der Waals surface area contributed by atoms with Crippen LogP contribution < -0.4 is 0 Å². The number of rotatable bonds is 10. The molecule has 0 fully saturated rings. The van der Waals surface area contributed by atoms with Crippen LogP contribution in [-0.2, 0) is 19.7 Å². The van der Waals surface area contributed by atoms with Gasteiger partial charge in [0.25, 0.3) is 10.1 Å². The fourth-order valence-corrected chi connectivity index (χ4v) is 5.09. The summed E-state index contributed by atoms with van der Waals surface area (Å²) in [7, 11) is -1.31. The SMILES string of the molecule is CC(=O)CCC(C)(C)SSCCC(C(C)=O)S(=O)(=O)O. The zero-order valence-electron chi connectivity index (χ0n) is 12.2. The number of hydrogen-bond donors (Lipinski definition) is 1. The lowest BCUT2D eigenvalue weighted by molar-refractivity contribution is -0.117. The lowest BCUT2D eigenvalue weighted by Crippen LogP contribution is -2.28. The first-order valence-corrected chi connectivity index (χ1v) is 10.0. The lowest BCUT2D eigenvalue weighted by atomic mass is 10.1. The van der Waals surface area contributed by atoms with Crippen LogP contribution >= 0.6 is 21.6 Å². The summed E-state index contributed by atoms with van der Waals surface area (Å²) in [6, 6.07) is 0. The molecule has 20 heavy (non-hydrogen) atoms. The van der Waals surface area contributed by atoms with Gasteiger partial charge in [-0.3, -0.25) is 9.35 Å². The third-order valence-corrected chi connectivity index (χ3v) is 7.31. The van der Waals surface area contributed by atoms with E-state index in [0.717, 1.165) is 13.3 Å². The number of Topliss-reactive ketones (excluding diaryl/α,β-unsaturated/α-hetero) is 2. The van der Waals surface area contributed by atoms with Gasteiger partial charge in [0.2, 0.25) is 0 Å². The third-order valence-electron chi connectivity index (χ3n) is 2.64. The van der Waals surface area contributed by atoms with E-state index >= 15 is 0 Å². The molecule has 1 N–H and O–H groups in total. The molecule has 118 valence electrons. The molecule has 0 aliphatic heterocycles. The molecule has 0 bridgehead atoms. The molecule has 0 aliphatic carbocycles. The Morgan fingerprint density at radius 3 is 2.20 bits per heavy atom. The van der Waals surface area contributed by atoms with Gasteiger partial charge in [0, 0.05) is 16.9 Å². The van der Waals surface area contributed by atoms with Crippen LogP contribution in [0.3, 0.4) is 0 Å². The zero-order valence-corrected chi connectivity index (χ0v) is 14.7. The summed E-state index contributed by atoms with van der Waals surface area (Å²) < 4.78 is 30.9. The average Bonchev–Trinajstić information content (AvgIpc) is 2.23. The van der Waals surface area contributed by atoms with Crippen LogP contribution in [0.25, 0.3) is 0 Å². The summed E-state index contributed by atoms with van der Waals surface area (Å²) in [5, 5.41) is -1.34. The van der Waals surface area contributed by atoms with Gasteiger partial charge in [-0.1, -0.05) is 21.6 Å². The van der Waals surface area contributed by atoms with Crippen molar-refractivity contribution < 1.29 is 22.6 Å². The van der Waals surface area contributed by atoms with Crippen molar-refractivity contribution in [1.82, 2.24) is 0 Å². The molecule has 0 heterocycles. The highest BCUT2D eigenvalue weighted by molar-refractivity contribution is 8.77. The van der Waals surface area contributed by atoms with Crippen molar-refractivity contribution in [2.24, 2.45) is 0 Å². The van der Waals surface area contributed by atoms with Crippen molar-refractivity contribution in [2.75, 3.05) is 5.75 Å². The maximum atomic E-state index is 11.2. The minimum Gasteiger partial charge on any atom is -0.300 e. The fraction of sp³-hybridized carbons (Fsp3) is 0.833. The van der Waals surface area contributed by atoms with Gasteiger partial charge in [-0.05, 0) is 40.5 Å². The highest BCUT2D eigenvalue weighted by atomic mass is 33.1. The molecule has 5 nitrogen and oxygen atoms in total. The second-order valence-corrected chi connectivity index (χ2v) is 9.99. The molecule has 0 rings (SSSR count). The fourth-order valence-electron chi connectivity index (χ4n) is 1.44. The first-order valence-electron chi connectivity index (χ1n) is 6.22. The molecule has 0 spiro atoms. The first kappa shape index (κ1) is 19.9. The van der Waals surface area contributed by atoms with E-state index in [2.05, 4.69) is 0 Å². The summed E-state index contributed by atoms with van der Waals surface area (Å²) in [6.45, 7) is 6.74. The second kappa shape index (κ2) is 8.41. The standard InChI is InChI=1S/C12H22O5S3/c1-9(13)5-7-12(3,4)19-18-8-6-11(10(2)14)20(15,16)17/h11H,5-8H2,1-4H3,(H,15,16,17). The monoisotopic (exact) mass is 342 g/mol. The van der Waals surface area contributed by atoms with Crippen LogP contribution in [0.2, 0.25) is 0 Å². The highest BCUT2D eigenvalue weighted by Crippen LogP contribution is 2.39. The summed E-state index contributed by atoms with van der Waals surface area (Å²) in [4.78, 5) is 22.1. The molecule has 0 aliphatic rings. The predicted molar refractivity (Wildman–Crippen MR) is 84.7 cm³/mol. The van der Waals surface area contributed by atoms with Gasteiger partial charge in [-0.15, -0.1) is 0 Å². The Hall–Kier alpha value is -0.0500. The molecule has 0 radical (unpaired) electrons. The maximum absolute atomic E-state index is 11.2. The van der Waals surface area contributed by atoms with E-state index in [1.807, 2.05) is 13.8 Å². The normalized spacial score (nSPS) is 14.1. The predicted octanol–water partition coefficient (Wildman–Crippen LogP) is 2.75. The van der Waals surface area contributed by atoms with E-state index in [4.69, 9.17) is 4.55 Å². The molecule has 0 saturated heterocycles. The van der Waals surface area contributed by atoms with Crippen molar-refractivity contribution in [1.29, 1.82) is 0 Å². The van der Waals surface area contributed by atoms with E-state index in [0.29, 0.717) is 12.2 Å². The zero-order chi connectivity index (χ0) is 16.0. The minimum absolute atomic E-state index is 0.0919. The number of hydrogen-bond acceptors (Lipinski definition) is 6. The first-order chi connectivity index (χ1) is 8.96. The largest absolute Gasteiger partial charge is 0.300 e. The number of ketones is 2. The molecule has 0 aromatic carbocycles. The van der Waals surface area contributed by atoms with E-state index in [1.54, 1.807) is 17.7 Å². The topological polar surface area (TPSA) is 88.5 Å². The van der Waals surface area contributed by atoms with Crippen molar-refractivity contribution in [3.05, 3.63) is 0 Å². The van der Waals surface area contributed by atoms with Crippen LogP contribution in [-0.4, -0.2) is 40.3 Å². The molecule has 8 heteroatoms. The Bertz CT molecular complexity index is 442. The van der Waals surface area contributed by atoms with E-state index in [1.165, 1.54) is 10.8 Å². The Kier molecular flexibility index (Phi) is 8.39. The summed E-state index contributed by atoms with van der Waals surface area (Å²) in [6.07, 6.45) is 1.35. The van der Waals surface area contributed by atoms with Crippen LogP contribution in [0, 0.1) is 0 Å². The molecule has 0 amide bonds. The van der Waals surface area contributed by atoms with Crippen molar-refractivity contribution in [3.8, 4) is 0 Å². The van der Waals surface area contributed by atoms with Gasteiger partial charge in [0.05, 0.1) is 0 Å². The summed E-state index contributed by atoms with van der Waals surface area (Å²) >= 11 is 0. The molecule has 1 unspecified atom stereocenters. The van der Waals surface area contributed by atoms with E-state index in [-0.39, 0.29) is 17.0 Å². The molecular formula is C12H22O5S3. The van der Waals surface area contributed by atoms with Gasteiger partial charge in [-0.2, -0.15) is 8.42 Å². The number of carbonyl (C=O) groups is 2. The van der Waals surface area contributed by atoms with Crippen LogP contribution in [0.4, 0.5) is 0 Å². The Labute approximate surface area is 128 Å². The lowest BCUT2D eigenvalue weighted by Gasteiger charge is -2.22. The smallest absolute Gasteiger partial charge is 0.274 e. The van der Waals surface area contributed by atoms with Crippen LogP contribution in [0.5, 0.6) is 0 Å². The van der Waals surface area contributed by atoms with Gasteiger partial charge < -0.3 is 4.79 Å². The molecule has 1 atom stereocenters. The quantitative estimate of drug-likeness (QED) is 0.371. The van der Waals surface area contributed by atoms with Gasteiger partial charge >= 0.3 is 0 Å². The average molecular weight is 343 g/mol. The van der Waals surface area contributed by atoms with E-state index < -0.39 is 21.2 Å². The molecular weight excluding hydrogens is 320 g/mol. The summed E-state index contributed by atoms with van der Waals surface area (Å²) in [5.74, 6) is 0.0405. The molecule has 0 saturated carbocycles. The Morgan fingerprint density at radius 2 is 1.80 bits per heavy atom. The summed E-state index contributed by atoms with van der Waals surface area (Å²) in [5.41, 5.74) is 0. The highest BCUT2D eigenvalue weighted by Gasteiger charge is 2.28. The van der Waals surface area contributed by atoms with Crippen LogP contribution in [0.1, 0.15) is 47.0 Å². The Balaban J connectivity index is 4.18. The molecule has 0 aromatic heterocycles. The van der Waals surface area contributed by atoms with Crippen molar-refractivity contribution in [3.63, 3.8) is 0 Å². The van der Waals surface area contributed by atoms with Gasteiger partial charge in [0.1, 0.15) is 16.8 Å².